The number of benzene rings is 1. The molecule has 20 heavy (non-hydrogen) atoms. The number of anilines is 2. The molecule has 0 aliphatic rings. The number of aromatic nitrogens is 2. The number of rotatable bonds is 3. The third-order valence-electron chi connectivity index (χ3n) is 2.80. The Morgan fingerprint density at radius 3 is 2.75 bits per heavy atom. The van der Waals surface area contributed by atoms with E-state index in [-0.39, 0.29) is 11.6 Å². The maximum absolute atomic E-state index is 13.4. The van der Waals surface area contributed by atoms with E-state index in [2.05, 4.69) is 31.4 Å². The van der Waals surface area contributed by atoms with Crippen LogP contribution in [-0.2, 0) is 0 Å². The van der Waals surface area contributed by atoms with Crippen LogP contribution in [0.2, 0.25) is 0 Å². The SMILES string of the molecule is CC(C)c1[nH]nc(C(=O)Nc2ccc(Br)c(F)c2)c1N. The molecule has 0 fully saturated rings. The van der Waals surface area contributed by atoms with E-state index in [1.54, 1.807) is 6.07 Å². The first kappa shape index (κ1) is 14.5. The summed E-state index contributed by atoms with van der Waals surface area (Å²) in [7, 11) is 0. The van der Waals surface area contributed by atoms with Crippen LogP contribution in [0.3, 0.4) is 0 Å². The fourth-order valence-corrected chi connectivity index (χ4v) is 1.99. The van der Waals surface area contributed by atoms with Gasteiger partial charge in [-0.25, -0.2) is 4.39 Å². The van der Waals surface area contributed by atoms with Crippen molar-refractivity contribution in [1.29, 1.82) is 0 Å². The van der Waals surface area contributed by atoms with E-state index >= 15 is 0 Å². The predicted octanol–water partition coefficient (Wildman–Crippen LogP) is 3.27. The highest BCUT2D eigenvalue weighted by molar-refractivity contribution is 9.10. The highest BCUT2D eigenvalue weighted by Gasteiger charge is 2.19. The van der Waals surface area contributed by atoms with Gasteiger partial charge in [0.05, 0.1) is 15.9 Å². The van der Waals surface area contributed by atoms with Crippen molar-refractivity contribution in [2.45, 2.75) is 19.8 Å². The lowest BCUT2D eigenvalue weighted by molar-refractivity contribution is 0.102. The van der Waals surface area contributed by atoms with Gasteiger partial charge in [-0.05, 0) is 40.0 Å². The molecule has 7 heteroatoms. The van der Waals surface area contributed by atoms with Gasteiger partial charge in [-0.1, -0.05) is 13.8 Å². The van der Waals surface area contributed by atoms with E-state index in [0.717, 1.165) is 0 Å². The lowest BCUT2D eigenvalue weighted by Gasteiger charge is -2.05. The Kier molecular flexibility index (Phi) is 4.08. The molecule has 5 nitrogen and oxygen atoms in total. The summed E-state index contributed by atoms with van der Waals surface area (Å²) in [4.78, 5) is 12.1. The van der Waals surface area contributed by atoms with Crippen LogP contribution in [0, 0.1) is 5.82 Å². The van der Waals surface area contributed by atoms with Crippen molar-refractivity contribution >= 4 is 33.2 Å². The number of H-pyrrole nitrogens is 1. The molecule has 0 saturated carbocycles. The van der Waals surface area contributed by atoms with Crippen LogP contribution < -0.4 is 11.1 Å². The zero-order valence-electron chi connectivity index (χ0n) is 11.0. The van der Waals surface area contributed by atoms with Gasteiger partial charge in [0.15, 0.2) is 5.69 Å². The van der Waals surface area contributed by atoms with Crippen LogP contribution in [0.25, 0.3) is 0 Å². The Bertz CT molecular complexity index is 654. The van der Waals surface area contributed by atoms with Crippen LogP contribution in [0.4, 0.5) is 15.8 Å². The summed E-state index contributed by atoms with van der Waals surface area (Å²) < 4.78 is 13.7. The van der Waals surface area contributed by atoms with Crippen molar-refractivity contribution in [1.82, 2.24) is 10.2 Å². The minimum atomic E-state index is -0.479. The predicted molar refractivity (Wildman–Crippen MR) is 79.1 cm³/mol. The molecule has 1 heterocycles. The number of halogens is 2. The summed E-state index contributed by atoms with van der Waals surface area (Å²) in [5, 5.41) is 9.21. The Balaban J connectivity index is 2.22. The maximum Gasteiger partial charge on any atom is 0.278 e. The number of nitrogen functional groups attached to an aromatic ring is 1. The summed E-state index contributed by atoms with van der Waals surface area (Å²) in [5.74, 6) is -0.804. The Morgan fingerprint density at radius 2 is 2.20 bits per heavy atom. The van der Waals surface area contributed by atoms with Crippen molar-refractivity contribution in [3.8, 4) is 0 Å². The summed E-state index contributed by atoms with van der Waals surface area (Å²) >= 11 is 3.05. The fraction of sp³-hybridized carbons (Fsp3) is 0.231. The second kappa shape index (κ2) is 5.62. The summed E-state index contributed by atoms with van der Waals surface area (Å²) in [6.07, 6.45) is 0. The molecule has 2 aromatic rings. The highest BCUT2D eigenvalue weighted by Crippen LogP contribution is 2.24. The fourth-order valence-electron chi connectivity index (χ4n) is 1.74. The molecule has 0 aliphatic carbocycles. The van der Waals surface area contributed by atoms with E-state index in [0.29, 0.717) is 21.5 Å². The standard InChI is InChI=1S/C13H14BrFN4O/c1-6(2)11-10(16)12(19-18-11)13(20)17-7-3-4-8(14)9(15)5-7/h3-6H,16H2,1-2H3,(H,17,20)(H,18,19). The van der Waals surface area contributed by atoms with Crippen LogP contribution in [-0.4, -0.2) is 16.1 Å². The van der Waals surface area contributed by atoms with Crippen molar-refractivity contribution in [3.63, 3.8) is 0 Å². The number of nitrogens with two attached hydrogens (primary N) is 1. The van der Waals surface area contributed by atoms with Crippen LogP contribution >= 0.6 is 15.9 Å². The zero-order valence-corrected chi connectivity index (χ0v) is 12.6. The van der Waals surface area contributed by atoms with Gasteiger partial charge >= 0.3 is 0 Å². The topological polar surface area (TPSA) is 83.8 Å². The number of nitrogens with one attached hydrogen (secondary N) is 2. The summed E-state index contributed by atoms with van der Waals surface area (Å²) in [6, 6.07) is 4.31. The maximum atomic E-state index is 13.4. The Labute approximate surface area is 123 Å². The first-order chi connectivity index (χ1) is 9.40. The van der Waals surface area contributed by atoms with Crippen molar-refractivity contribution in [2.24, 2.45) is 0 Å². The highest BCUT2D eigenvalue weighted by atomic mass is 79.9. The minimum Gasteiger partial charge on any atom is -0.395 e. The van der Waals surface area contributed by atoms with Gasteiger partial charge in [0, 0.05) is 5.69 Å². The lowest BCUT2D eigenvalue weighted by Crippen LogP contribution is -2.14. The molecule has 0 bridgehead atoms. The van der Waals surface area contributed by atoms with E-state index in [1.165, 1.54) is 12.1 Å². The lowest BCUT2D eigenvalue weighted by atomic mass is 10.1. The Hall–Kier alpha value is -1.89. The van der Waals surface area contributed by atoms with Crippen LogP contribution in [0.1, 0.15) is 35.9 Å². The first-order valence-electron chi connectivity index (χ1n) is 6.00. The number of amides is 1. The average molecular weight is 341 g/mol. The van der Waals surface area contributed by atoms with Gasteiger partial charge in [-0.15, -0.1) is 0 Å². The third kappa shape index (κ3) is 2.82. The van der Waals surface area contributed by atoms with Crippen molar-refractivity contribution in [3.05, 3.63) is 39.9 Å². The molecule has 0 spiro atoms. The molecule has 4 N–H and O–H groups in total. The molecule has 0 unspecified atom stereocenters. The largest absolute Gasteiger partial charge is 0.395 e. The van der Waals surface area contributed by atoms with Gasteiger partial charge in [0.2, 0.25) is 0 Å². The number of nitrogens with zero attached hydrogens (tertiary/aromatic N) is 1. The molecule has 2 rings (SSSR count). The van der Waals surface area contributed by atoms with Crippen LogP contribution in [0.5, 0.6) is 0 Å². The third-order valence-corrected chi connectivity index (χ3v) is 3.45. The monoisotopic (exact) mass is 340 g/mol. The van der Waals surface area contributed by atoms with Gasteiger partial charge in [0.1, 0.15) is 5.82 Å². The molecule has 106 valence electrons. The molecular weight excluding hydrogens is 327 g/mol. The van der Waals surface area contributed by atoms with Crippen molar-refractivity contribution < 1.29 is 9.18 Å². The van der Waals surface area contributed by atoms with Gasteiger partial charge in [0.25, 0.3) is 5.91 Å². The van der Waals surface area contributed by atoms with E-state index in [4.69, 9.17) is 5.73 Å². The number of hydrogen-bond donors (Lipinski definition) is 3. The molecule has 1 aromatic heterocycles. The molecule has 0 saturated heterocycles. The van der Waals surface area contributed by atoms with Crippen LogP contribution in [0.15, 0.2) is 22.7 Å². The van der Waals surface area contributed by atoms with Gasteiger partial charge in [-0.3, -0.25) is 9.89 Å². The molecule has 1 amide bonds. The number of aromatic amines is 1. The van der Waals surface area contributed by atoms with Gasteiger partial charge in [-0.2, -0.15) is 5.10 Å². The van der Waals surface area contributed by atoms with Gasteiger partial charge < -0.3 is 11.1 Å². The molecule has 1 aromatic carbocycles. The van der Waals surface area contributed by atoms with E-state index < -0.39 is 11.7 Å². The molecule has 0 atom stereocenters. The normalized spacial score (nSPS) is 10.8. The summed E-state index contributed by atoms with van der Waals surface area (Å²) in [5.41, 5.74) is 7.34. The van der Waals surface area contributed by atoms with Crippen molar-refractivity contribution in [2.75, 3.05) is 11.1 Å². The summed E-state index contributed by atoms with van der Waals surface area (Å²) in [6.45, 7) is 3.88. The minimum absolute atomic E-state index is 0.108. The zero-order chi connectivity index (χ0) is 14.9. The first-order valence-corrected chi connectivity index (χ1v) is 6.79. The number of carbonyl (C=O) groups is 1. The molecule has 0 radical (unpaired) electrons. The van der Waals surface area contributed by atoms with E-state index in [1.807, 2.05) is 13.8 Å². The quantitative estimate of drug-likeness (QED) is 0.801. The Morgan fingerprint density at radius 1 is 1.50 bits per heavy atom. The smallest absolute Gasteiger partial charge is 0.278 e. The second-order valence-electron chi connectivity index (χ2n) is 4.64. The van der Waals surface area contributed by atoms with E-state index in [9.17, 15) is 9.18 Å². The number of hydrogen-bond acceptors (Lipinski definition) is 3. The molecule has 0 aliphatic heterocycles. The molecular formula is C13H14BrFN4O. The number of carbonyl (C=O) groups excluding carboxylic acids is 1. The second-order valence-corrected chi connectivity index (χ2v) is 5.49. The average Bonchev–Trinajstić information content (AvgIpc) is 2.76.